The highest BCUT2D eigenvalue weighted by molar-refractivity contribution is 6.51. The maximum absolute atomic E-state index is 14.7. The van der Waals surface area contributed by atoms with Crippen molar-refractivity contribution in [2.24, 2.45) is 0 Å². The molecule has 1 unspecified atom stereocenters. The molecule has 0 saturated carbocycles. The van der Waals surface area contributed by atoms with Crippen molar-refractivity contribution in [2.45, 2.75) is 6.04 Å². The number of fused-ring (bicyclic) bond motifs is 1. The van der Waals surface area contributed by atoms with Gasteiger partial charge in [-0.3, -0.25) is 19.5 Å². The van der Waals surface area contributed by atoms with Gasteiger partial charge in [-0.2, -0.15) is 0 Å². The van der Waals surface area contributed by atoms with E-state index in [-0.39, 0.29) is 16.8 Å². The molecule has 1 N–H and O–H groups in total. The number of rotatable bonds is 3. The number of amides is 1. The van der Waals surface area contributed by atoms with Crippen molar-refractivity contribution in [2.75, 3.05) is 18.1 Å². The lowest BCUT2D eigenvalue weighted by Crippen LogP contribution is -2.30. The zero-order valence-corrected chi connectivity index (χ0v) is 17.0. The van der Waals surface area contributed by atoms with Crippen LogP contribution in [0, 0.1) is 11.6 Å². The van der Waals surface area contributed by atoms with E-state index in [9.17, 15) is 23.5 Å². The van der Waals surface area contributed by atoms with Crippen LogP contribution in [0.15, 0.2) is 66.5 Å². The third-order valence-electron chi connectivity index (χ3n) is 5.45. The van der Waals surface area contributed by atoms with Gasteiger partial charge in [-0.05, 0) is 48.0 Å². The molecule has 0 bridgehead atoms. The Hall–Kier alpha value is -4.27. The Balaban J connectivity index is 1.70. The molecule has 2 aromatic carbocycles. The second kappa shape index (κ2) is 8.01. The monoisotopic (exact) mass is 450 g/mol. The number of ketones is 1. The Morgan fingerprint density at radius 2 is 1.70 bits per heavy atom. The molecule has 0 radical (unpaired) electrons. The van der Waals surface area contributed by atoms with Crippen LogP contribution in [0.25, 0.3) is 5.76 Å². The second-order valence-corrected chi connectivity index (χ2v) is 7.40. The number of carbonyl (C=O) groups is 2. The van der Waals surface area contributed by atoms with Crippen LogP contribution in [0.1, 0.15) is 17.2 Å². The summed E-state index contributed by atoms with van der Waals surface area (Å²) in [5, 5.41) is 11.1. The predicted molar refractivity (Wildman–Crippen MR) is 113 cm³/mol. The van der Waals surface area contributed by atoms with Crippen molar-refractivity contribution in [3.05, 3.63) is 89.3 Å². The molecular weight excluding hydrogens is 434 g/mol. The number of aliphatic hydroxyl groups is 1. The molecule has 1 saturated heterocycles. The molecule has 0 aliphatic carbocycles. The minimum Gasteiger partial charge on any atom is -0.507 e. The van der Waals surface area contributed by atoms with E-state index in [2.05, 4.69) is 4.98 Å². The fourth-order valence-corrected chi connectivity index (χ4v) is 3.96. The minimum absolute atomic E-state index is 0.218. The largest absolute Gasteiger partial charge is 0.507 e. The highest BCUT2D eigenvalue weighted by atomic mass is 19.1. The quantitative estimate of drug-likeness (QED) is 0.371. The number of benzene rings is 2. The van der Waals surface area contributed by atoms with Crippen molar-refractivity contribution >= 4 is 23.1 Å². The van der Waals surface area contributed by atoms with Gasteiger partial charge in [-0.25, -0.2) is 8.78 Å². The normalized spacial score (nSPS) is 19.1. The first-order valence-electron chi connectivity index (χ1n) is 10.0. The number of aromatic nitrogens is 1. The maximum Gasteiger partial charge on any atom is 0.300 e. The number of anilines is 1. The van der Waals surface area contributed by atoms with Crippen molar-refractivity contribution in [3.8, 4) is 11.5 Å². The van der Waals surface area contributed by atoms with Gasteiger partial charge in [0.05, 0.1) is 17.3 Å². The van der Waals surface area contributed by atoms with Crippen LogP contribution in [0.4, 0.5) is 14.5 Å². The average Bonchev–Trinajstić information content (AvgIpc) is 3.09. The van der Waals surface area contributed by atoms with Crippen LogP contribution in [0.2, 0.25) is 0 Å². The van der Waals surface area contributed by atoms with Crippen LogP contribution in [0.5, 0.6) is 11.5 Å². The molecule has 3 aromatic rings. The molecule has 1 fully saturated rings. The van der Waals surface area contributed by atoms with Gasteiger partial charge in [0.2, 0.25) is 0 Å². The van der Waals surface area contributed by atoms with Crippen LogP contribution < -0.4 is 14.4 Å². The summed E-state index contributed by atoms with van der Waals surface area (Å²) in [6.07, 6.45) is 2.89. The maximum atomic E-state index is 14.7. The Morgan fingerprint density at radius 3 is 2.42 bits per heavy atom. The van der Waals surface area contributed by atoms with Gasteiger partial charge >= 0.3 is 0 Å². The predicted octanol–water partition coefficient (Wildman–Crippen LogP) is 3.76. The van der Waals surface area contributed by atoms with Crippen molar-refractivity contribution in [1.29, 1.82) is 0 Å². The van der Waals surface area contributed by atoms with E-state index in [0.29, 0.717) is 36.3 Å². The first-order valence-corrected chi connectivity index (χ1v) is 10.0. The SMILES string of the molecule is O=C1C(=O)N(c2ccc(F)cc2F)C(c2ccncc2)/C1=C(/O)c1ccc2c(c1)OCCO2. The van der Waals surface area contributed by atoms with E-state index in [0.717, 1.165) is 17.0 Å². The highest BCUT2D eigenvalue weighted by Gasteiger charge is 2.47. The number of nitrogens with zero attached hydrogens (tertiary/aromatic N) is 2. The number of hydrogen-bond acceptors (Lipinski definition) is 6. The van der Waals surface area contributed by atoms with Crippen molar-refractivity contribution in [1.82, 2.24) is 4.98 Å². The molecule has 1 amide bonds. The van der Waals surface area contributed by atoms with E-state index in [4.69, 9.17) is 9.47 Å². The topological polar surface area (TPSA) is 89.0 Å². The molecule has 5 rings (SSSR count). The van der Waals surface area contributed by atoms with E-state index in [1.54, 1.807) is 18.2 Å². The lowest BCUT2D eigenvalue weighted by Gasteiger charge is -2.25. The van der Waals surface area contributed by atoms with Crippen LogP contribution >= 0.6 is 0 Å². The van der Waals surface area contributed by atoms with Gasteiger partial charge in [0.15, 0.2) is 11.5 Å². The summed E-state index contributed by atoms with van der Waals surface area (Å²) in [5.74, 6) is -3.51. The minimum atomic E-state index is -1.17. The number of halogens is 2. The molecule has 2 aliphatic heterocycles. The lowest BCUT2D eigenvalue weighted by molar-refractivity contribution is -0.132. The summed E-state index contributed by atoms with van der Waals surface area (Å²) in [4.78, 5) is 30.9. The molecule has 2 aliphatic rings. The number of Topliss-reactive ketones (excluding diaryl/α,β-unsaturated/α-hetero) is 1. The van der Waals surface area contributed by atoms with E-state index >= 15 is 0 Å². The van der Waals surface area contributed by atoms with Gasteiger partial charge in [0, 0.05) is 24.0 Å². The second-order valence-electron chi connectivity index (χ2n) is 7.40. The summed E-state index contributed by atoms with van der Waals surface area (Å²) < 4.78 is 39.2. The number of ether oxygens (including phenoxy) is 2. The molecule has 3 heterocycles. The zero-order chi connectivity index (χ0) is 23.1. The highest BCUT2D eigenvalue weighted by Crippen LogP contribution is 2.43. The van der Waals surface area contributed by atoms with E-state index in [1.165, 1.54) is 24.5 Å². The van der Waals surface area contributed by atoms with Crippen molar-refractivity contribution in [3.63, 3.8) is 0 Å². The summed E-state index contributed by atoms with van der Waals surface area (Å²) in [7, 11) is 0. The third-order valence-corrected chi connectivity index (χ3v) is 5.45. The number of pyridine rings is 1. The van der Waals surface area contributed by atoms with Gasteiger partial charge in [-0.1, -0.05) is 0 Å². The summed E-state index contributed by atoms with van der Waals surface area (Å²) >= 11 is 0. The molecular formula is C24H16F2N2O5. The van der Waals surface area contributed by atoms with Crippen LogP contribution in [-0.2, 0) is 9.59 Å². The average molecular weight is 450 g/mol. The summed E-state index contributed by atoms with van der Waals surface area (Å²) in [6, 6.07) is 9.22. The third kappa shape index (κ3) is 3.47. The Morgan fingerprint density at radius 1 is 0.970 bits per heavy atom. The Bertz CT molecular complexity index is 1310. The summed E-state index contributed by atoms with van der Waals surface area (Å²) in [6.45, 7) is 0.706. The van der Waals surface area contributed by atoms with Crippen LogP contribution in [-0.4, -0.2) is 35.0 Å². The van der Waals surface area contributed by atoms with E-state index in [1.807, 2.05) is 0 Å². The van der Waals surface area contributed by atoms with Gasteiger partial charge in [0.25, 0.3) is 11.7 Å². The smallest absolute Gasteiger partial charge is 0.300 e. The molecule has 33 heavy (non-hydrogen) atoms. The Kier molecular flexibility index (Phi) is 5.01. The number of hydrogen-bond donors (Lipinski definition) is 1. The molecule has 9 heteroatoms. The molecule has 1 atom stereocenters. The molecule has 7 nitrogen and oxygen atoms in total. The first kappa shape index (κ1) is 20.6. The molecule has 1 aromatic heterocycles. The summed E-state index contributed by atoms with van der Waals surface area (Å²) in [5.41, 5.74) is 0.0936. The molecule has 166 valence electrons. The Labute approximate surface area is 186 Å². The fraction of sp³-hybridized carbons (Fsp3) is 0.125. The van der Waals surface area contributed by atoms with E-state index < -0.39 is 35.1 Å². The number of carbonyl (C=O) groups excluding carboxylic acids is 2. The fourth-order valence-electron chi connectivity index (χ4n) is 3.96. The standard InChI is InChI=1S/C24H16F2N2O5/c25-15-2-3-17(16(26)12-15)28-21(13-5-7-27-8-6-13)20(23(30)24(28)31)22(29)14-1-4-18-19(11-14)33-10-9-32-18/h1-8,11-12,21,29H,9-10H2/b22-20-. The van der Waals surface area contributed by atoms with Gasteiger partial charge in [-0.15, -0.1) is 0 Å². The molecule has 0 spiro atoms. The van der Waals surface area contributed by atoms with Crippen LogP contribution in [0.3, 0.4) is 0 Å². The number of aliphatic hydroxyl groups excluding tert-OH is 1. The lowest BCUT2D eigenvalue weighted by atomic mass is 9.95. The van der Waals surface area contributed by atoms with Crippen molar-refractivity contribution < 1.29 is 33.0 Å². The van der Waals surface area contributed by atoms with Gasteiger partial charge in [0.1, 0.15) is 30.6 Å². The zero-order valence-electron chi connectivity index (χ0n) is 17.0. The van der Waals surface area contributed by atoms with Gasteiger partial charge < -0.3 is 14.6 Å². The first-order chi connectivity index (χ1) is 16.0.